The number of rotatable bonds is 3. The van der Waals surface area contributed by atoms with Crippen molar-refractivity contribution < 1.29 is 9.90 Å². The van der Waals surface area contributed by atoms with E-state index in [-0.39, 0.29) is 18.0 Å². The first-order valence-electron chi connectivity index (χ1n) is 8.67. The van der Waals surface area contributed by atoms with Crippen LogP contribution in [0, 0.1) is 0 Å². The Balaban J connectivity index is 1.54. The number of thiophene rings is 1. The van der Waals surface area contributed by atoms with Gasteiger partial charge in [0, 0.05) is 6.54 Å². The fourth-order valence-corrected chi connectivity index (χ4v) is 4.58. The monoisotopic (exact) mass is 346 g/mol. The highest BCUT2D eigenvalue weighted by Crippen LogP contribution is 2.32. The van der Waals surface area contributed by atoms with Crippen molar-refractivity contribution in [2.75, 3.05) is 11.4 Å². The van der Waals surface area contributed by atoms with Gasteiger partial charge in [-0.15, -0.1) is 11.3 Å². The van der Waals surface area contributed by atoms with Crippen LogP contribution in [0.15, 0.2) is 17.8 Å². The molecule has 2 N–H and O–H groups in total. The molecule has 0 aromatic carbocycles. The first-order valence-corrected chi connectivity index (χ1v) is 9.55. The van der Waals surface area contributed by atoms with Gasteiger partial charge in [0.05, 0.1) is 17.5 Å². The van der Waals surface area contributed by atoms with Crippen LogP contribution >= 0.6 is 11.3 Å². The lowest BCUT2D eigenvalue weighted by Gasteiger charge is -2.31. The summed E-state index contributed by atoms with van der Waals surface area (Å²) in [5.41, 5.74) is 0. The summed E-state index contributed by atoms with van der Waals surface area (Å²) in [5.74, 6) is 0.864. The number of aliphatic hydroxyl groups excluding tert-OH is 1. The molecular weight excluding hydrogens is 324 g/mol. The van der Waals surface area contributed by atoms with E-state index in [4.69, 9.17) is 0 Å². The number of anilines is 1. The largest absolute Gasteiger partial charge is 0.391 e. The van der Waals surface area contributed by atoms with Gasteiger partial charge in [-0.05, 0) is 37.1 Å². The average Bonchev–Trinajstić information content (AvgIpc) is 3.25. The van der Waals surface area contributed by atoms with E-state index in [9.17, 15) is 9.90 Å². The molecule has 24 heavy (non-hydrogen) atoms. The summed E-state index contributed by atoms with van der Waals surface area (Å²) in [6.45, 7) is 0.827. The van der Waals surface area contributed by atoms with Gasteiger partial charge in [-0.2, -0.15) is 0 Å². The number of fused-ring (bicyclic) bond motifs is 1. The van der Waals surface area contributed by atoms with Gasteiger partial charge in [-0.1, -0.05) is 12.8 Å². The Kier molecular flexibility index (Phi) is 4.37. The van der Waals surface area contributed by atoms with E-state index in [1.54, 1.807) is 17.7 Å². The molecule has 7 heteroatoms. The minimum Gasteiger partial charge on any atom is -0.391 e. The summed E-state index contributed by atoms with van der Waals surface area (Å²) in [5, 5.41) is 16.2. The van der Waals surface area contributed by atoms with Crippen molar-refractivity contribution in [2.24, 2.45) is 0 Å². The van der Waals surface area contributed by atoms with Crippen LogP contribution in [0.1, 0.15) is 38.5 Å². The molecular formula is C17H22N4O2S. The number of carbonyl (C=O) groups excluding carboxylic acids is 1. The van der Waals surface area contributed by atoms with Crippen molar-refractivity contribution in [3.63, 3.8) is 0 Å². The maximum Gasteiger partial charge on any atom is 0.243 e. The second kappa shape index (κ2) is 6.64. The molecule has 1 saturated heterocycles. The van der Waals surface area contributed by atoms with Crippen LogP contribution in [0.2, 0.25) is 0 Å². The van der Waals surface area contributed by atoms with Gasteiger partial charge in [-0.3, -0.25) is 4.79 Å². The van der Waals surface area contributed by atoms with Gasteiger partial charge in [0.25, 0.3) is 0 Å². The smallest absolute Gasteiger partial charge is 0.243 e. The van der Waals surface area contributed by atoms with Crippen molar-refractivity contribution in [2.45, 2.75) is 56.7 Å². The Hall–Kier alpha value is -1.73. The van der Waals surface area contributed by atoms with E-state index in [1.165, 1.54) is 0 Å². The predicted molar refractivity (Wildman–Crippen MR) is 94.2 cm³/mol. The third kappa shape index (κ3) is 2.86. The Morgan fingerprint density at radius 2 is 2.12 bits per heavy atom. The summed E-state index contributed by atoms with van der Waals surface area (Å²) in [6, 6.07) is 1.70. The molecule has 3 unspecified atom stereocenters. The number of hydrogen-bond donors (Lipinski definition) is 2. The number of hydrogen-bond acceptors (Lipinski definition) is 6. The number of nitrogens with zero attached hydrogens (tertiary/aromatic N) is 3. The Morgan fingerprint density at radius 1 is 1.25 bits per heavy atom. The summed E-state index contributed by atoms with van der Waals surface area (Å²) in [4.78, 5) is 24.6. The van der Waals surface area contributed by atoms with Gasteiger partial charge >= 0.3 is 0 Å². The zero-order chi connectivity index (χ0) is 16.5. The van der Waals surface area contributed by atoms with Crippen LogP contribution in [0.25, 0.3) is 10.2 Å². The van der Waals surface area contributed by atoms with E-state index in [0.717, 1.165) is 61.1 Å². The quantitative estimate of drug-likeness (QED) is 0.890. The molecule has 3 atom stereocenters. The van der Waals surface area contributed by atoms with Crippen LogP contribution in [0.5, 0.6) is 0 Å². The van der Waals surface area contributed by atoms with Crippen molar-refractivity contribution in [1.82, 2.24) is 15.3 Å². The second-order valence-corrected chi connectivity index (χ2v) is 7.55. The Morgan fingerprint density at radius 3 is 3.00 bits per heavy atom. The van der Waals surface area contributed by atoms with E-state index < -0.39 is 6.10 Å². The SMILES string of the molecule is O=C(NC1CCCCC1O)C1CCCN1c1ncnc2sccc12. The molecule has 1 saturated carbocycles. The Labute approximate surface area is 144 Å². The van der Waals surface area contributed by atoms with Crippen molar-refractivity contribution >= 4 is 33.3 Å². The molecule has 2 aromatic heterocycles. The molecule has 2 aromatic rings. The molecule has 1 aliphatic heterocycles. The van der Waals surface area contributed by atoms with Gasteiger partial charge in [0.2, 0.25) is 5.91 Å². The van der Waals surface area contributed by atoms with Gasteiger partial charge < -0.3 is 15.3 Å². The summed E-state index contributed by atoms with van der Waals surface area (Å²) in [6.07, 6.45) is 6.71. The molecule has 0 spiro atoms. The van der Waals surface area contributed by atoms with Crippen molar-refractivity contribution in [3.8, 4) is 0 Å². The second-order valence-electron chi connectivity index (χ2n) is 6.66. The third-order valence-electron chi connectivity index (χ3n) is 5.13. The zero-order valence-corrected chi connectivity index (χ0v) is 14.3. The lowest BCUT2D eigenvalue weighted by Crippen LogP contribution is -2.51. The minimum absolute atomic E-state index is 0.0143. The molecule has 0 bridgehead atoms. The first-order chi connectivity index (χ1) is 11.7. The average molecular weight is 346 g/mol. The molecule has 1 amide bonds. The third-order valence-corrected chi connectivity index (χ3v) is 5.95. The first kappa shape index (κ1) is 15.8. The number of aromatic nitrogens is 2. The van der Waals surface area contributed by atoms with Crippen LogP contribution in [-0.4, -0.2) is 45.7 Å². The fraction of sp³-hybridized carbons (Fsp3) is 0.588. The highest BCUT2D eigenvalue weighted by Gasteiger charge is 2.35. The van der Waals surface area contributed by atoms with Crippen molar-refractivity contribution in [1.29, 1.82) is 0 Å². The zero-order valence-electron chi connectivity index (χ0n) is 13.5. The topological polar surface area (TPSA) is 78.4 Å². The van der Waals surface area contributed by atoms with E-state index in [0.29, 0.717) is 0 Å². The van der Waals surface area contributed by atoms with Crippen LogP contribution in [0.3, 0.4) is 0 Å². The highest BCUT2D eigenvalue weighted by atomic mass is 32.1. The highest BCUT2D eigenvalue weighted by molar-refractivity contribution is 7.16. The van der Waals surface area contributed by atoms with Crippen LogP contribution in [0.4, 0.5) is 5.82 Å². The lowest BCUT2D eigenvalue weighted by atomic mass is 9.92. The maximum atomic E-state index is 12.8. The number of aliphatic hydroxyl groups is 1. The fourth-order valence-electron chi connectivity index (χ4n) is 3.86. The van der Waals surface area contributed by atoms with Gasteiger partial charge in [-0.25, -0.2) is 9.97 Å². The van der Waals surface area contributed by atoms with Gasteiger partial charge in [0.1, 0.15) is 23.0 Å². The number of nitrogens with one attached hydrogen (secondary N) is 1. The normalized spacial score (nSPS) is 27.5. The minimum atomic E-state index is -0.416. The molecule has 1 aliphatic carbocycles. The molecule has 0 radical (unpaired) electrons. The van der Waals surface area contributed by atoms with E-state index >= 15 is 0 Å². The maximum absolute atomic E-state index is 12.8. The van der Waals surface area contributed by atoms with Crippen molar-refractivity contribution in [3.05, 3.63) is 17.8 Å². The molecule has 2 fully saturated rings. The predicted octanol–water partition coefficient (Wildman–Crippen LogP) is 2.08. The number of amides is 1. The molecule has 128 valence electrons. The van der Waals surface area contributed by atoms with Gasteiger partial charge in [0.15, 0.2) is 0 Å². The summed E-state index contributed by atoms with van der Waals surface area (Å²) in [7, 11) is 0. The molecule has 2 aliphatic rings. The lowest BCUT2D eigenvalue weighted by molar-refractivity contribution is -0.124. The van der Waals surface area contributed by atoms with Crippen LogP contribution < -0.4 is 10.2 Å². The number of carbonyl (C=O) groups is 1. The molecule has 3 heterocycles. The standard InChI is InChI=1S/C17H22N4O2S/c22-14-6-2-1-4-12(14)20-16(23)13-5-3-8-21(13)15-11-7-9-24-17(11)19-10-18-15/h7,9-10,12-14,22H,1-6,8H2,(H,20,23). The molecule has 6 nitrogen and oxygen atoms in total. The summed E-state index contributed by atoms with van der Waals surface area (Å²) >= 11 is 1.59. The van der Waals surface area contributed by atoms with E-state index in [2.05, 4.69) is 20.2 Å². The Bertz CT molecular complexity index is 734. The van der Waals surface area contributed by atoms with E-state index in [1.807, 2.05) is 11.4 Å². The molecule has 4 rings (SSSR count). The van der Waals surface area contributed by atoms with Crippen LogP contribution in [-0.2, 0) is 4.79 Å². The summed E-state index contributed by atoms with van der Waals surface area (Å²) < 4.78 is 0.